The third-order valence-electron chi connectivity index (χ3n) is 5.08. The van der Waals surface area contributed by atoms with Gasteiger partial charge in [0.2, 0.25) is 0 Å². The second-order valence-corrected chi connectivity index (χ2v) is 6.83. The van der Waals surface area contributed by atoms with E-state index in [0.717, 1.165) is 29.2 Å². The first-order valence-electron chi connectivity index (χ1n) is 9.27. The van der Waals surface area contributed by atoms with E-state index in [9.17, 15) is 0 Å². The summed E-state index contributed by atoms with van der Waals surface area (Å²) < 4.78 is 0. The molecule has 0 aromatic heterocycles. The van der Waals surface area contributed by atoms with Gasteiger partial charge in [-0.3, -0.25) is 0 Å². The zero-order chi connectivity index (χ0) is 18.1. The fourth-order valence-corrected chi connectivity index (χ4v) is 3.80. The van der Waals surface area contributed by atoms with Crippen molar-refractivity contribution in [3.05, 3.63) is 108 Å². The van der Waals surface area contributed by atoms with Crippen molar-refractivity contribution in [2.75, 3.05) is 10.6 Å². The quantitative estimate of drug-likeness (QED) is 0.375. The van der Waals surface area contributed by atoms with Gasteiger partial charge in [0, 0.05) is 17.8 Å². The number of fused-ring (bicyclic) bond motifs is 3. The van der Waals surface area contributed by atoms with Gasteiger partial charge in [-0.05, 0) is 52.6 Å². The van der Waals surface area contributed by atoms with Crippen molar-refractivity contribution in [2.45, 2.75) is 6.42 Å². The van der Waals surface area contributed by atoms with Crippen LogP contribution < -0.4 is 10.6 Å². The Balaban J connectivity index is 1.62. The second kappa shape index (κ2) is 6.65. The molecule has 0 saturated carbocycles. The summed E-state index contributed by atoms with van der Waals surface area (Å²) in [6.07, 6.45) is 0.949. The van der Waals surface area contributed by atoms with Crippen LogP contribution in [0, 0.1) is 0 Å². The highest BCUT2D eigenvalue weighted by Crippen LogP contribution is 2.44. The van der Waals surface area contributed by atoms with Gasteiger partial charge >= 0.3 is 0 Å². The summed E-state index contributed by atoms with van der Waals surface area (Å²) in [5.41, 5.74) is 9.83. The maximum atomic E-state index is 3.67. The molecule has 2 N–H and O–H groups in total. The summed E-state index contributed by atoms with van der Waals surface area (Å²) in [4.78, 5) is 0. The highest BCUT2D eigenvalue weighted by Gasteiger charge is 2.23. The van der Waals surface area contributed by atoms with E-state index < -0.39 is 0 Å². The Labute approximate surface area is 159 Å². The molecule has 0 fully saturated rings. The SMILES string of the molecule is c1ccc(Nc2ccc3c(c2Nc2ccccc2)Cc2ccccc2-3)cc1. The first kappa shape index (κ1) is 15.7. The van der Waals surface area contributed by atoms with Crippen LogP contribution in [0.3, 0.4) is 0 Å². The molecule has 130 valence electrons. The Morgan fingerprint density at radius 2 is 1.15 bits per heavy atom. The van der Waals surface area contributed by atoms with Crippen molar-refractivity contribution in [3.63, 3.8) is 0 Å². The van der Waals surface area contributed by atoms with Gasteiger partial charge in [0.1, 0.15) is 0 Å². The Kier molecular flexibility index (Phi) is 3.87. The number of benzene rings is 4. The second-order valence-electron chi connectivity index (χ2n) is 6.83. The van der Waals surface area contributed by atoms with Gasteiger partial charge in [-0.15, -0.1) is 0 Å². The summed E-state index contributed by atoms with van der Waals surface area (Å²) in [6, 6.07) is 33.8. The molecular weight excluding hydrogens is 328 g/mol. The van der Waals surface area contributed by atoms with E-state index in [1.807, 2.05) is 12.1 Å². The van der Waals surface area contributed by atoms with Crippen LogP contribution in [0.25, 0.3) is 11.1 Å². The van der Waals surface area contributed by atoms with Gasteiger partial charge in [0.15, 0.2) is 0 Å². The summed E-state index contributed by atoms with van der Waals surface area (Å²) in [6.45, 7) is 0. The molecule has 0 aliphatic heterocycles. The molecule has 4 aromatic rings. The number of anilines is 4. The predicted octanol–water partition coefficient (Wildman–Crippen LogP) is 6.75. The molecule has 2 heteroatoms. The largest absolute Gasteiger partial charge is 0.354 e. The Bertz CT molecular complexity index is 1090. The van der Waals surface area contributed by atoms with Crippen LogP contribution in [0.5, 0.6) is 0 Å². The normalized spacial score (nSPS) is 11.6. The molecule has 0 radical (unpaired) electrons. The van der Waals surface area contributed by atoms with Crippen LogP contribution in [0.15, 0.2) is 97.1 Å². The minimum atomic E-state index is 0.949. The third-order valence-corrected chi connectivity index (χ3v) is 5.08. The van der Waals surface area contributed by atoms with Gasteiger partial charge in [-0.25, -0.2) is 0 Å². The van der Waals surface area contributed by atoms with E-state index in [2.05, 4.69) is 95.6 Å². The number of para-hydroxylation sites is 2. The van der Waals surface area contributed by atoms with Gasteiger partial charge in [-0.2, -0.15) is 0 Å². The maximum absolute atomic E-state index is 3.67. The van der Waals surface area contributed by atoms with Crippen LogP contribution in [-0.2, 0) is 6.42 Å². The Hall–Kier alpha value is -3.52. The first-order valence-corrected chi connectivity index (χ1v) is 9.27. The van der Waals surface area contributed by atoms with Crippen molar-refractivity contribution >= 4 is 22.7 Å². The summed E-state index contributed by atoms with van der Waals surface area (Å²) in [5.74, 6) is 0. The lowest BCUT2D eigenvalue weighted by Crippen LogP contribution is -2.01. The van der Waals surface area contributed by atoms with Crippen molar-refractivity contribution in [2.24, 2.45) is 0 Å². The van der Waals surface area contributed by atoms with Gasteiger partial charge < -0.3 is 10.6 Å². The number of rotatable bonds is 4. The topological polar surface area (TPSA) is 24.1 Å². The van der Waals surface area contributed by atoms with Crippen LogP contribution in [-0.4, -0.2) is 0 Å². The van der Waals surface area contributed by atoms with Gasteiger partial charge in [-0.1, -0.05) is 66.7 Å². The average molecular weight is 348 g/mol. The lowest BCUT2D eigenvalue weighted by atomic mass is 10.0. The number of hydrogen-bond acceptors (Lipinski definition) is 2. The lowest BCUT2D eigenvalue weighted by Gasteiger charge is -2.18. The average Bonchev–Trinajstić information content (AvgIpc) is 3.10. The van der Waals surface area contributed by atoms with E-state index >= 15 is 0 Å². The molecular formula is C25H20N2. The molecule has 0 bridgehead atoms. The third kappa shape index (κ3) is 2.96. The minimum absolute atomic E-state index is 0.949. The molecule has 0 spiro atoms. The summed E-state index contributed by atoms with van der Waals surface area (Å²) in [5, 5.41) is 7.25. The number of nitrogens with one attached hydrogen (secondary N) is 2. The van der Waals surface area contributed by atoms with Crippen molar-refractivity contribution in [1.82, 2.24) is 0 Å². The summed E-state index contributed by atoms with van der Waals surface area (Å²) in [7, 11) is 0. The van der Waals surface area contributed by atoms with Crippen molar-refractivity contribution < 1.29 is 0 Å². The molecule has 27 heavy (non-hydrogen) atoms. The molecule has 4 aromatic carbocycles. The fourth-order valence-electron chi connectivity index (χ4n) is 3.80. The lowest BCUT2D eigenvalue weighted by molar-refractivity contribution is 1.26. The Morgan fingerprint density at radius 3 is 1.89 bits per heavy atom. The van der Waals surface area contributed by atoms with Crippen LogP contribution in [0.2, 0.25) is 0 Å². The van der Waals surface area contributed by atoms with Crippen molar-refractivity contribution in [3.8, 4) is 11.1 Å². The standard InChI is InChI=1S/C25H20N2/c1-3-10-19(11-4-1)26-24-16-15-22-21-14-8-7-9-18(21)17-23(22)25(24)27-20-12-5-2-6-13-20/h1-16,26-27H,17H2. The van der Waals surface area contributed by atoms with E-state index in [1.165, 1.54) is 22.3 Å². The van der Waals surface area contributed by atoms with Crippen LogP contribution in [0.1, 0.15) is 11.1 Å². The molecule has 0 amide bonds. The van der Waals surface area contributed by atoms with E-state index in [0.29, 0.717) is 0 Å². The van der Waals surface area contributed by atoms with Gasteiger partial charge in [0.05, 0.1) is 11.4 Å². The zero-order valence-corrected chi connectivity index (χ0v) is 14.9. The van der Waals surface area contributed by atoms with E-state index in [1.54, 1.807) is 0 Å². The molecule has 5 rings (SSSR count). The molecule has 0 atom stereocenters. The molecule has 0 saturated heterocycles. The molecule has 2 nitrogen and oxygen atoms in total. The minimum Gasteiger partial charge on any atom is -0.354 e. The smallest absolute Gasteiger partial charge is 0.0665 e. The molecule has 0 heterocycles. The predicted molar refractivity (Wildman–Crippen MR) is 114 cm³/mol. The van der Waals surface area contributed by atoms with E-state index in [-0.39, 0.29) is 0 Å². The molecule has 0 unspecified atom stereocenters. The van der Waals surface area contributed by atoms with Gasteiger partial charge in [0.25, 0.3) is 0 Å². The monoisotopic (exact) mass is 348 g/mol. The maximum Gasteiger partial charge on any atom is 0.0665 e. The van der Waals surface area contributed by atoms with Crippen LogP contribution in [0.4, 0.5) is 22.7 Å². The highest BCUT2D eigenvalue weighted by atomic mass is 15.0. The van der Waals surface area contributed by atoms with Crippen LogP contribution >= 0.6 is 0 Å². The number of hydrogen-bond donors (Lipinski definition) is 2. The Morgan fingerprint density at radius 1 is 0.519 bits per heavy atom. The molecule has 1 aliphatic rings. The van der Waals surface area contributed by atoms with E-state index in [4.69, 9.17) is 0 Å². The summed E-state index contributed by atoms with van der Waals surface area (Å²) >= 11 is 0. The first-order chi connectivity index (χ1) is 13.4. The highest BCUT2D eigenvalue weighted by molar-refractivity contribution is 5.91. The fraction of sp³-hybridized carbons (Fsp3) is 0.0400. The van der Waals surface area contributed by atoms with Crippen molar-refractivity contribution in [1.29, 1.82) is 0 Å². The zero-order valence-electron chi connectivity index (χ0n) is 14.9. The molecule has 1 aliphatic carbocycles.